The molecule has 5 nitrogen and oxygen atoms in total. The molecule has 0 rings (SSSR count). The zero-order chi connectivity index (χ0) is 14.8. The SMILES string of the molecule is CCC(CC)C(CN=C(N)NC(C)COC)N(C)C.I. The highest BCUT2D eigenvalue weighted by atomic mass is 127. The van der Waals surface area contributed by atoms with Crippen LogP contribution in [0.2, 0.25) is 0 Å². The van der Waals surface area contributed by atoms with E-state index >= 15 is 0 Å². The molecule has 0 aliphatic rings. The molecule has 0 saturated heterocycles. The van der Waals surface area contributed by atoms with Crippen molar-refractivity contribution in [1.82, 2.24) is 10.2 Å². The topological polar surface area (TPSA) is 62.9 Å². The van der Waals surface area contributed by atoms with Crippen LogP contribution in [0.4, 0.5) is 0 Å². The predicted molar refractivity (Wildman–Crippen MR) is 97.9 cm³/mol. The van der Waals surface area contributed by atoms with Crippen LogP contribution in [-0.4, -0.2) is 57.3 Å². The van der Waals surface area contributed by atoms with Crippen LogP contribution < -0.4 is 11.1 Å². The molecule has 0 fully saturated rings. The van der Waals surface area contributed by atoms with Crippen LogP contribution in [-0.2, 0) is 4.74 Å². The van der Waals surface area contributed by atoms with Gasteiger partial charge in [0.15, 0.2) is 5.96 Å². The van der Waals surface area contributed by atoms with E-state index in [0.717, 1.165) is 6.54 Å². The monoisotopic (exact) mass is 400 g/mol. The summed E-state index contributed by atoms with van der Waals surface area (Å²) in [5, 5.41) is 3.13. The maximum absolute atomic E-state index is 5.90. The van der Waals surface area contributed by atoms with E-state index in [-0.39, 0.29) is 30.0 Å². The Morgan fingerprint density at radius 1 is 1.30 bits per heavy atom. The average molecular weight is 400 g/mol. The number of hydrogen-bond donors (Lipinski definition) is 2. The van der Waals surface area contributed by atoms with Gasteiger partial charge < -0.3 is 20.7 Å². The Kier molecular flexibility index (Phi) is 14.0. The van der Waals surface area contributed by atoms with Crippen LogP contribution in [0.5, 0.6) is 0 Å². The van der Waals surface area contributed by atoms with Gasteiger partial charge in [0.25, 0.3) is 0 Å². The first-order valence-electron chi connectivity index (χ1n) is 7.17. The summed E-state index contributed by atoms with van der Waals surface area (Å²) < 4.78 is 5.06. The predicted octanol–water partition coefficient (Wildman–Crippen LogP) is 1.91. The fraction of sp³-hybridized carbons (Fsp3) is 0.929. The largest absolute Gasteiger partial charge is 0.383 e. The second kappa shape index (κ2) is 12.6. The number of ether oxygens (including phenoxy) is 1. The number of aliphatic imine (C=N–C) groups is 1. The molecule has 0 bridgehead atoms. The third-order valence-corrected chi connectivity index (χ3v) is 3.52. The van der Waals surface area contributed by atoms with E-state index in [9.17, 15) is 0 Å². The minimum atomic E-state index is 0. The first-order valence-corrected chi connectivity index (χ1v) is 7.17. The molecule has 0 radical (unpaired) electrons. The van der Waals surface area contributed by atoms with E-state index in [0.29, 0.717) is 24.5 Å². The summed E-state index contributed by atoms with van der Waals surface area (Å²) in [7, 11) is 5.89. The molecule has 122 valence electrons. The number of rotatable bonds is 9. The van der Waals surface area contributed by atoms with E-state index in [2.05, 4.69) is 43.2 Å². The summed E-state index contributed by atoms with van der Waals surface area (Å²) in [4.78, 5) is 6.71. The van der Waals surface area contributed by atoms with Crippen LogP contribution in [0.25, 0.3) is 0 Å². The van der Waals surface area contributed by atoms with E-state index in [4.69, 9.17) is 10.5 Å². The van der Waals surface area contributed by atoms with Crippen molar-refractivity contribution in [1.29, 1.82) is 0 Å². The van der Waals surface area contributed by atoms with Crippen LogP contribution in [0.1, 0.15) is 33.6 Å². The number of nitrogens with zero attached hydrogens (tertiary/aromatic N) is 2. The first kappa shape index (κ1) is 22.2. The Balaban J connectivity index is 0. The lowest BCUT2D eigenvalue weighted by molar-refractivity contribution is 0.179. The van der Waals surface area contributed by atoms with E-state index in [1.54, 1.807) is 7.11 Å². The van der Waals surface area contributed by atoms with Crippen molar-refractivity contribution in [3.8, 4) is 0 Å². The van der Waals surface area contributed by atoms with Gasteiger partial charge in [-0.05, 0) is 26.9 Å². The van der Waals surface area contributed by atoms with Crippen molar-refractivity contribution < 1.29 is 4.74 Å². The maximum atomic E-state index is 5.90. The van der Waals surface area contributed by atoms with Gasteiger partial charge in [0.2, 0.25) is 0 Å². The standard InChI is InChI=1S/C14H32N4O.HI/c1-7-12(8-2)13(18(4)5)9-16-14(15)17-11(3)10-19-6;/h11-13H,7-10H2,1-6H3,(H3,15,16,17);1H. The van der Waals surface area contributed by atoms with Gasteiger partial charge in [-0.1, -0.05) is 26.7 Å². The number of halogens is 1. The smallest absolute Gasteiger partial charge is 0.188 e. The molecule has 0 aromatic rings. The van der Waals surface area contributed by atoms with E-state index in [1.165, 1.54) is 12.8 Å². The van der Waals surface area contributed by atoms with Gasteiger partial charge in [-0.15, -0.1) is 24.0 Å². The van der Waals surface area contributed by atoms with E-state index in [1.807, 2.05) is 6.92 Å². The van der Waals surface area contributed by atoms with Crippen molar-refractivity contribution in [3.63, 3.8) is 0 Å². The fourth-order valence-corrected chi connectivity index (χ4v) is 2.35. The molecular formula is C14H33IN4O. The van der Waals surface area contributed by atoms with Gasteiger partial charge in [0, 0.05) is 19.2 Å². The quantitative estimate of drug-likeness (QED) is 0.353. The lowest BCUT2D eigenvalue weighted by Gasteiger charge is -2.30. The second-order valence-electron chi connectivity index (χ2n) is 5.33. The molecule has 0 heterocycles. The number of hydrogen-bond acceptors (Lipinski definition) is 3. The highest BCUT2D eigenvalue weighted by Crippen LogP contribution is 2.17. The van der Waals surface area contributed by atoms with Crippen molar-refractivity contribution in [2.45, 2.75) is 45.7 Å². The Hall–Kier alpha value is -0.0800. The van der Waals surface area contributed by atoms with Crippen molar-refractivity contribution in [2.75, 3.05) is 34.4 Å². The Morgan fingerprint density at radius 3 is 2.25 bits per heavy atom. The zero-order valence-corrected chi connectivity index (χ0v) is 16.2. The molecule has 0 aliphatic carbocycles. The lowest BCUT2D eigenvalue weighted by Crippen LogP contribution is -2.43. The third kappa shape index (κ3) is 8.97. The van der Waals surface area contributed by atoms with E-state index < -0.39 is 0 Å². The summed E-state index contributed by atoms with van der Waals surface area (Å²) in [6, 6.07) is 0.618. The van der Waals surface area contributed by atoms with Crippen LogP contribution >= 0.6 is 24.0 Å². The van der Waals surface area contributed by atoms with Crippen LogP contribution in [0.3, 0.4) is 0 Å². The molecule has 2 atom stereocenters. The maximum Gasteiger partial charge on any atom is 0.188 e. The van der Waals surface area contributed by atoms with Crippen LogP contribution in [0, 0.1) is 5.92 Å². The van der Waals surface area contributed by atoms with Gasteiger partial charge >= 0.3 is 0 Å². The molecular weight excluding hydrogens is 367 g/mol. The molecule has 0 aliphatic heterocycles. The van der Waals surface area contributed by atoms with Gasteiger partial charge in [0.1, 0.15) is 0 Å². The van der Waals surface area contributed by atoms with Crippen molar-refractivity contribution >= 4 is 29.9 Å². The molecule has 0 spiro atoms. The number of nitrogens with one attached hydrogen (secondary N) is 1. The summed E-state index contributed by atoms with van der Waals surface area (Å²) in [6.07, 6.45) is 2.34. The average Bonchev–Trinajstić information content (AvgIpc) is 2.34. The van der Waals surface area contributed by atoms with Gasteiger partial charge in [-0.2, -0.15) is 0 Å². The molecule has 3 N–H and O–H groups in total. The molecule has 0 aromatic carbocycles. The number of guanidine groups is 1. The minimum Gasteiger partial charge on any atom is -0.383 e. The van der Waals surface area contributed by atoms with Crippen molar-refractivity contribution in [3.05, 3.63) is 0 Å². The summed E-state index contributed by atoms with van der Waals surface area (Å²) in [5.41, 5.74) is 5.90. The Bertz CT molecular complexity index is 258. The number of likely N-dealkylation sites (N-methyl/N-ethyl adjacent to an activating group) is 1. The Labute approximate surface area is 141 Å². The summed E-state index contributed by atoms with van der Waals surface area (Å²) >= 11 is 0. The molecule has 6 heteroatoms. The molecule has 0 amide bonds. The molecule has 0 saturated carbocycles. The fourth-order valence-electron chi connectivity index (χ4n) is 2.35. The molecule has 20 heavy (non-hydrogen) atoms. The highest BCUT2D eigenvalue weighted by molar-refractivity contribution is 14.0. The third-order valence-electron chi connectivity index (χ3n) is 3.52. The van der Waals surface area contributed by atoms with Crippen molar-refractivity contribution in [2.24, 2.45) is 16.6 Å². The first-order chi connectivity index (χ1) is 8.96. The summed E-state index contributed by atoms with van der Waals surface area (Å²) in [5.74, 6) is 1.16. The zero-order valence-electron chi connectivity index (χ0n) is 13.8. The number of methoxy groups -OCH3 is 1. The summed E-state index contributed by atoms with van der Waals surface area (Å²) in [6.45, 7) is 7.85. The lowest BCUT2D eigenvalue weighted by atomic mass is 9.93. The number of nitrogens with two attached hydrogens (primary N) is 1. The van der Waals surface area contributed by atoms with Gasteiger partial charge in [-0.25, -0.2) is 0 Å². The Morgan fingerprint density at radius 2 is 1.85 bits per heavy atom. The van der Waals surface area contributed by atoms with Gasteiger partial charge in [0.05, 0.1) is 13.2 Å². The highest BCUT2D eigenvalue weighted by Gasteiger charge is 2.20. The van der Waals surface area contributed by atoms with Gasteiger partial charge in [-0.3, -0.25) is 4.99 Å². The molecule has 0 aromatic heterocycles. The second-order valence-corrected chi connectivity index (χ2v) is 5.33. The minimum absolute atomic E-state index is 0. The van der Waals surface area contributed by atoms with Crippen LogP contribution in [0.15, 0.2) is 4.99 Å². The molecule has 2 unspecified atom stereocenters. The normalized spacial score (nSPS) is 15.1.